The largest absolute Gasteiger partial charge is 0.378 e. The maximum atomic E-state index is 10.9. The molecule has 0 unspecified atom stereocenters. The maximum absolute atomic E-state index is 10.9. The molecule has 0 saturated heterocycles. The average Bonchev–Trinajstić information content (AvgIpc) is 2.33. The summed E-state index contributed by atoms with van der Waals surface area (Å²) in [6, 6.07) is 5.70. The minimum absolute atomic E-state index is 0.195. The van der Waals surface area contributed by atoms with E-state index in [0.717, 1.165) is 30.6 Å². The first kappa shape index (κ1) is 14.0. The number of nitro benzene ring substituents is 1. The Kier molecular flexibility index (Phi) is 4.50. The Morgan fingerprint density at radius 2 is 2.21 bits per heavy atom. The van der Waals surface area contributed by atoms with Gasteiger partial charge in [-0.25, -0.2) is 0 Å². The minimum Gasteiger partial charge on any atom is -0.378 e. The van der Waals surface area contributed by atoms with Crippen molar-refractivity contribution in [3.05, 3.63) is 39.4 Å². The second-order valence-electron chi connectivity index (χ2n) is 4.94. The fourth-order valence-corrected chi connectivity index (χ4v) is 2.42. The van der Waals surface area contributed by atoms with Crippen LogP contribution in [0.1, 0.15) is 30.9 Å². The van der Waals surface area contributed by atoms with Gasteiger partial charge in [0.25, 0.3) is 5.69 Å². The maximum Gasteiger partial charge on any atom is 0.272 e. The lowest BCUT2D eigenvalue weighted by atomic mass is 9.89. The van der Waals surface area contributed by atoms with Crippen LogP contribution >= 0.6 is 0 Å². The highest BCUT2D eigenvalue weighted by molar-refractivity contribution is 5.44. The van der Waals surface area contributed by atoms with E-state index < -0.39 is 0 Å². The monoisotopic (exact) mass is 264 g/mol. The lowest BCUT2D eigenvalue weighted by molar-refractivity contribution is -0.385. The van der Waals surface area contributed by atoms with E-state index in [1.165, 1.54) is 0 Å². The molecular formula is C14H20N2O3. The molecule has 104 valence electrons. The summed E-state index contributed by atoms with van der Waals surface area (Å²) in [4.78, 5) is 10.5. The predicted octanol–water partition coefficient (Wildman–Crippen LogP) is 2.56. The minimum atomic E-state index is -0.326. The van der Waals surface area contributed by atoms with Crippen molar-refractivity contribution in [2.75, 3.05) is 6.61 Å². The first-order valence-corrected chi connectivity index (χ1v) is 6.69. The Morgan fingerprint density at radius 1 is 1.47 bits per heavy atom. The summed E-state index contributed by atoms with van der Waals surface area (Å²) in [5, 5.41) is 14.3. The number of nitro groups is 1. The van der Waals surface area contributed by atoms with E-state index in [1.54, 1.807) is 19.1 Å². The standard InChI is InChI=1S/C14H20N2O3/c1-3-19-13-7-12(8-13)15-9-11-5-4-6-14(10(11)2)16(17)18/h4-6,12-13,15H,3,7-9H2,1-2H3. The molecule has 1 N–H and O–H groups in total. The first-order chi connectivity index (χ1) is 9.11. The third-order valence-electron chi connectivity index (χ3n) is 3.69. The summed E-state index contributed by atoms with van der Waals surface area (Å²) in [7, 11) is 0. The molecule has 0 radical (unpaired) electrons. The number of benzene rings is 1. The van der Waals surface area contributed by atoms with E-state index >= 15 is 0 Å². The van der Waals surface area contributed by atoms with Gasteiger partial charge in [0.15, 0.2) is 0 Å². The summed E-state index contributed by atoms with van der Waals surface area (Å²) in [6.07, 6.45) is 2.44. The van der Waals surface area contributed by atoms with E-state index in [-0.39, 0.29) is 10.6 Å². The van der Waals surface area contributed by atoms with Gasteiger partial charge in [-0.3, -0.25) is 10.1 Å². The van der Waals surface area contributed by atoms with Gasteiger partial charge in [-0.2, -0.15) is 0 Å². The summed E-state index contributed by atoms with van der Waals surface area (Å²) >= 11 is 0. The molecule has 1 aromatic carbocycles. The van der Waals surface area contributed by atoms with E-state index in [2.05, 4.69) is 5.32 Å². The Morgan fingerprint density at radius 3 is 2.84 bits per heavy atom. The van der Waals surface area contributed by atoms with E-state index in [1.807, 2.05) is 13.0 Å². The second kappa shape index (κ2) is 6.12. The molecule has 2 rings (SSSR count). The first-order valence-electron chi connectivity index (χ1n) is 6.69. The molecule has 5 heteroatoms. The van der Waals surface area contributed by atoms with Crippen LogP contribution < -0.4 is 5.32 Å². The lowest BCUT2D eigenvalue weighted by Gasteiger charge is -2.35. The van der Waals surface area contributed by atoms with Gasteiger partial charge in [0.1, 0.15) is 0 Å². The third-order valence-corrected chi connectivity index (χ3v) is 3.69. The molecule has 5 nitrogen and oxygen atoms in total. The molecule has 19 heavy (non-hydrogen) atoms. The van der Waals surface area contributed by atoms with Gasteiger partial charge in [-0.15, -0.1) is 0 Å². The average molecular weight is 264 g/mol. The topological polar surface area (TPSA) is 64.4 Å². The molecule has 0 spiro atoms. The normalized spacial score (nSPS) is 22.0. The van der Waals surface area contributed by atoms with Crippen LogP contribution in [0.2, 0.25) is 0 Å². The summed E-state index contributed by atoms with van der Waals surface area (Å²) in [5.74, 6) is 0. The van der Waals surface area contributed by atoms with Crippen LogP contribution in [0, 0.1) is 17.0 Å². The van der Waals surface area contributed by atoms with Crippen LogP contribution in [-0.4, -0.2) is 23.7 Å². The Balaban J connectivity index is 1.87. The van der Waals surface area contributed by atoms with Gasteiger partial charge in [0, 0.05) is 30.8 Å². The molecule has 0 atom stereocenters. The van der Waals surface area contributed by atoms with Crippen LogP contribution in [0.3, 0.4) is 0 Å². The van der Waals surface area contributed by atoms with Gasteiger partial charge in [0.2, 0.25) is 0 Å². The van der Waals surface area contributed by atoms with Crippen molar-refractivity contribution in [3.63, 3.8) is 0 Å². The van der Waals surface area contributed by atoms with Gasteiger partial charge in [0.05, 0.1) is 11.0 Å². The number of nitrogens with zero attached hydrogens (tertiary/aromatic N) is 1. The SMILES string of the molecule is CCOC1CC(NCc2cccc([N+](=O)[O-])c2C)C1. The zero-order valence-electron chi connectivity index (χ0n) is 11.4. The molecule has 0 aliphatic heterocycles. The van der Waals surface area contributed by atoms with Crippen molar-refractivity contribution in [3.8, 4) is 0 Å². The van der Waals surface area contributed by atoms with Gasteiger partial charge >= 0.3 is 0 Å². The van der Waals surface area contributed by atoms with Gasteiger partial charge < -0.3 is 10.1 Å². The summed E-state index contributed by atoms with van der Waals surface area (Å²) in [6.45, 7) is 5.25. The van der Waals surface area contributed by atoms with E-state index in [0.29, 0.717) is 18.7 Å². The van der Waals surface area contributed by atoms with Crippen LogP contribution in [0.5, 0.6) is 0 Å². The number of ether oxygens (including phenoxy) is 1. The molecule has 0 bridgehead atoms. The zero-order chi connectivity index (χ0) is 13.8. The number of hydrogen-bond donors (Lipinski definition) is 1. The van der Waals surface area contributed by atoms with Crippen molar-refractivity contribution >= 4 is 5.69 Å². The van der Waals surface area contributed by atoms with Crippen molar-refractivity contribution in [2.45, 2.75) is 45.4 Å². The molecular weight excluding hydrogens is 244 g/mol. The quantitative estimate of drug-likeness (QED) is 0.633. The van der Waals surface area contributed by atoms with Gasteiger partial charge in [-0.1, -0.05) is 12.1 Å². The molecule has 0 heterocycles. The highest BCUT2D eigenvalue weighted by atomic mass is 16.6. The third kappa shape index (κ3) is 3.30. The molecule has 1 aliphatic rings. The highest BCUT2D eigenvalue weighted by Crippen LogP contribution is 2.25. The number of nitrogens with one attached hydrogen (secondary N) is 1. The van der Waals surface area contributed by atoms with E-state index in [9.17, 15) is 10.1 Å². The Bertz CT molecular complexity index is 456. The van der Waals surface area contributed by atoms with Crippen molar-refractivity contribution in [1.29, 1.82) is 0 Å². The molecule has 1 fully saturated rings. The van der Waals surface area contributed by atoms with Crippen LogP contribution in [0.25, 0.3) is 0 Å². The zero-order valence-corrected chi connectivity index (χ0v) is 11.4. The molecule has 0 amide bonds. The van der Waals surface area contributed by atoms with Gasteiger partial charge in [-0.05, 0) is 32.3 Å². The lowest BCUT2D eigenvalue weighted by Crippen LogP contribution is -2.45. The van der Waals surface area contributed by atoms with Crippen molar-refractivity contribution in [1.82, 2.24) is 5.32 Å². The highest BCUT2D eigenvalue weighted by Gasteiger charge is 2.29. The molecule has 0 aromatic heterocycles. The fourth-order valence-electron chi connectivity index (χ4n) is 2.42. The van der Waals surface area contributed by atoms with Crippen LogP contribution in [0.15, 0.2) is 18.2 Å². The molecule has 1 aromatic rings. The number of hydrogen-bond acceptors (Lipinski definition) is 4. The summed E-state index contributed by atoms with van der Waals surface area (Å²) < 4.78 is 5.51. The van der Waals surface area contributed by atoms with E-state index in [4.69, 9.17) is 4.74 Å². The summed E-state index contributed by atoms with van der Waals surface area (Å²) in [5.41, 5.74) is 1.94. The molecule has 1 saturated carbocycles. The molecule has 1 aliphatic carbocycles. The van der Waals surface area contributed by atoms with Crippen LogP contribution in [-0.2, 0) is 11.3 Å². The smallest absolute Gasteiger partial charge is 0.272 e. The predicted molar refractivity (Wildman–Crippen MR) is 73.1 cm³/mol. The number of rotatable bonds is 6. The Hall–Kier alpha value is -1.46. The Labute approximate surface area is 113 Å². The van der Waals surface area contributed by atoms with Crippen molar-refractivity contribution in [2.24, 2.45) is 0 Å². The van der Waals surface area contributed by atoms with Crippen molar-refractivity contribution < 1.29 is 9.66 Å². The second-order valence-corrected chi connectivity index (χ2v) is 4.94. The fraction of sp³-hybridized carbons (Fsp3) is 0.571. The van der Waals surface area contributed by atoms with Crippen LogP contribution in [0.4, 0.5) is 5.69 Å².